The van der Waals surface area contributed by atoms with Crippen molar-refractivity contribution in [1.82, 2.24) is 25.1 Å². The molecule has 28 heavy (non-hydrogen) atoms. The van der Waals surface area contributed by atoms with Gasteiger partial charge >= 0.3 is 0 Å². The minimum absolute atomic E-state index is 0.0248. The van der Waals surface area contributed by atoms with Crippen molar-refractivity contribution in [2.45, 2.75) is 20.4 Å². The van der Waals surface area contributed by atoms with E-state index in [0.717, 1.165) is 18.7 Å². The van der Waals surface area contributed by atoms with Crippen LogP contribution in [0.3, 0.4) is 0 Å². The number of aromatic nitrogens is 4. The van der Waals surface area contributed by atoms with Crippen molar-refractivity contribution in [2.75, 3.05) is 31.1 Å². The maximum Gasteiger partial charge on any atom is 0.246 e. The Bertz CT molecular complexity index is 957. The quantitative estimate of drug-likeness (QED) is 0.699. The molecule has 0 N–H and O–H groups in total. The Morgan fingerprint density at radius 1 is 0.964 bits per heavy atom. The van der Waals surface area contributed by atoms with Gasteiger partial charge in [0.15, 0.2) is 0 Å². The number of amides is 1. The molecule has 1 aromatic heterocycles. The third-order valence-electron chi connectivity index (χ3n) is 5.04. The summed E-state index contributed by atoms with van der Waals surface area (Å²) in [6.07, 6.45) is 0. The Hall–Kier alpha value is -3.22. The van der Waals surface area contributed by atoms with E-state index in [9.17, 15) is 4.79 Å². The van der Waals surface area contributed by atoms with E-state index in [-0.39, 0.29) is 12.5 Å². The molecule has 7 heteroatoms. The first kappa shape index (κ1) is 18.2. The van der Waals surface area contributed by atoms with E-state index in [1.165, 1.54) is 21.6 Å². The Balaban J connectivity index is 1.34. The normalized spacial score (nSPS) is 14.4. The average Bonchev–Trinajstić information content (AvgIpc) is 3.17. The number of hydrogen-bond acceptors (Lipinski definition) is 5. The second-order valence-electron chi connectivity index (χ2n) is 7.22. The first-order valence-electron chi connectivity index (χ1n) is 9.53. The van der Waals surface area contributed by atoms with Gasteiger partial charge in [0.05, 0.1) is 0 Å². The first-order valence-corrected chi connectivity index (χ1v) is 9.53. The molecule has 0 bridgehead atoms. The summed E-state index contributed by atoms with van der Waals surface area (Å²) in [5, 5.41) is 12.5. The van der Waals surface area contributed by atoms with Gasteiger partial charge in [0, 0.05) is 37.4 Å². The van der Waals surface area contributed by atoms with Crippen molar-refractivity contribution in [3.05, 3.63) is 59.7 Å². The van der Waals surface area contributed by atoms with Gasteiger partial charge in [0.25, 0.3) is 0 Å². The molecule has 4 rings (SSSR count). The average molecular weight is 376 g/mol. The highest BCUT2D eigenvalue weighted by atomic mass is 16.2. The summed E-state index contributed by atoms with van der Waals surface area (Å²) in [4.78, 5) is 18.2. The van der Waals surface area contributed by atoms with Crippen molar-refractivity contribution >= 4 is 11.6 Å². The number of rotatable bonds is 4. The highest BCUT2D eigenvalue weighted by molar-refractivity contribution is 5.76. The summed E-state index contributed by atoms with van der Waals surface area (Å²) < 4.78 is 0. The molecule has 0 unspecified atom stereocenters. The van der Waals surface area contributed by atoms with E-state index in [4.69, 9.17) is 0 Å². The molecule has 1 saturated heterocycles. The molecule has 2 heterocycles. The van der Waals surface area contributed by atoms with E-state index in [1.807, 2.05) is 36.1 Å². The second kappa shape index (κ2) is 7.80. The summed E-state index contributed by atoms with van der Waals surface area (Å²) in [7, 11) is 0. The van der Waals surface area contributed by atoms with Gasteiger partial charge in [-0.25, -0.2) is 0 Å². The van der Waals surface area contributed by atoms with Gasteiger partial charge in [-0.2, -0.15) is 4.80 Å². The van der Waals surface area contributed by atoms with E-state index in [0.29, 0.717) is 18.9 Å². The van der Waals surface area contributed by atoms with E-state index in [1.54, 1.807) is 0 Å². The number of carbonyl (C=O) groups excluding carboxylic acids is 1. The topological polar surface area (TPSA) is 67.2 Å². The zero-order valence-corrected chi connectivity index (χ0v) is 16.2. The van der Waals surface area contributed by atoms with Crippen LogP contribution in [-0.4, -0.2) is 57.2 Å². The minimum Gasteiger partial charge on any atom is -0.368 e. The zero-order chi connectivity index (χ0) is 19.5. The van der Waals surface area contributed by atoms with Crippen LogP contribution in [0.2, 0.25) is 0 Å². The molecule has 0 aliphatic carbocycles. The first-order chi connectivity index (χ1) is 13.6. The fourth-order valence-corrected chi connectivity index (χ4v) is 3.39. The predicted octanol–water partition coefficient (Wildman–Crippen LogP) is 2.31. The Kier molecular flexibility index (Phi) is 5.06. The number of aryl methyl sites for hydroxylation is 2. The smallest absolute Gasteiger partial charge is 0.246 e. The maximum atomic E-state index is 12.6. The molecular weight excluding hydrogens is 352 g/mol. The standard InChI is InChI=1S/C21H24N6O/c1-16-6-8-18(9-7-16)21-22-24-27(23-21)15-20(28)26-12-10-25(11-13-26)19-5-3-4-17(2)14-19/h3-9,14H,10-13,15H2,1-2H3. The summed E-state index contributed by atoms with van der Waals surface area (Å²) in [5.74, 6) is 0.564. The monoisotopic (exact) mass is 376 g/mol. The van der Waals surface area contributed by atoms with Gasteiger partial charge < -0.3 is 9.80 Å². The molecule has 0 atom stereocenters. The molecule has 0 saturated carbocycles. The summed E-state index contributed by atoms with van der Waals surface area (Å²) in [5.41, 5.74) is 4.54. The van der Waals surface area contributed by atoms with Crippen LogP contribution in [0.4, 0.5) is 5.69 Å². The number of hydrogen-bond donors (Lipinski definition) is 0. The number of carbonyl (C=O) groups is 1. The zero-order valence-electron chi connectivity index (χ0n) is 16.2. The number of nitrogens with zero attached hydrogens (tertiary/aromatic N) is 6. The van der Waals surface area contributed by atoms with Gasteiger partial charge in [-0.15, -0.1) is 10.2 Å². The lowest BCUT2D eigenvalue weighted by atomic mass is 10.1. The Labute approximate surface area is 164 Å². The number of tetrazole rings is 1. The third-order valence-corrected chi connectivity index (χ3v) is 5.04. The van der Waals surface area contributed by atoms with Crippen LogP contribution in [0.15, 0.2) is 48.5 Å². The van der Waals surface area contributed by atoms with Gasteiger partial charge in [-0.05, 0) is 36.8 Å². The molecule has 3 aromatic rings. The molecule has 1 aliphatic heterocycles. The van der Waals surface area contributed by atoms with Crippen molar-refractivity contribution < 1.29 is 4.79 Å². The minimum atomic E-state index is 0.0248. The van der Waals surface area contributed by atoms with Crippen molar-refractivity contribution in [3.8, 4) is 11.4 Å². The molecular formula is C21H24N6O. The molecule has 1 aliphatic rings. The van der Waals surface area contributed by atoms with Gasteiger partial charge in [-0.1, -0.05) is 42.0 Å². The van der Waals surface area contributed by atoms with Crippen LogP contribution >= 0.6 is 0 Å². The molecule has 144 valence electrons. The highest BCUT2D eigenvalue weighted by Crippen LogP contribution is 2.18. The number of benzene rings is 2. The molecule has 2 aromatic carbocycles. The van der Waals surface area contributed by atoms with Crippen LogP contribution in [0.5, 0.6) is 0 Å². The van der Waals surface area contributed by atoms with E-state index < -0.39 is 0 Å². The van der Waals surface area contributed by atoms with Crippen LogP contribution < -0.4 is 4.90 Å². The van der Waals surface area contributed by atoms with E-state index >= 15 is 0 Å². The van der Waals surface area contributed by atoms with Crippen molar-refractivity contribution in [1.29, 1.82) is 0 Å². The van der Waals surface area contributed by atoms with Crippen molar-refractivity contribution in [3.63, 3.8) is 0 Å². The van der Waals surface area contributed by atoms with Crippen molar-refractivity contribution in [2.24, 2.45) is 0 Å². The van der Waals surface area contributed by atoms with Gasteiger partial charge in [0.2, 0.25) is 11.7 Å². The predicted molar refractivity (Wildman–Crippen MR) is 108 cm³/mol. The van der Waals surface area contributed by atoms with Crippen LogP contribution in [0, 0.1) is 13.8 Å². The number of piperazine rings is 1. The van der Waals surface area contributed by atoms with E-state index in [2.05, 4.69) is 51.5 Å². The fraction of sp³-hybridized carbons (Fsp3) is 0.333. The highest BCUT2D eigenvalue weighted by Gasteiger charge is 2.22. The lowest BCUT2D eigenvalue weighted by molar-refractivity contribution is -0.132. The lowest BCUT2D eigenvalue weighted by Crippen LogP contribution is -2.49. The molecule has 1 amide bonds. The SMILES string of the molecule is Cc1ccc(-c2nnn(CC(=O)N3CCN(c4cccc(C)c4)CC3)n2)cc1. The fourth-order valence-electron chi connectivity index (χ4n) is 3.39. The second-order valence-corrected chi connectivity index (χ2v) is 7.22. The molecule has 0 radical (unpaired) electrons. The molecule has 0 spiro atoms. The lowest BCUT2D eigenvalue weighted by Gasteiger charge is -2.36. The Morgan fingerprint density at radius 2 is 1.71 bits per heavy atom. The van der Waals surface area contributed by atoms with Gasteiger partial charge in [-0.3, -0.25) is 4.79 Å². The van der Waals surface area contributed by atoms with Crippen LogP contribution in [0.25, 0.3) is 11.4 Å². The molecule has 1 fully saturated rings. The largest absolute Gasteiger partial charge is 0.368 e. The number of anilines is 1. The summed E-state index contributed by atoms with van der Waals surface area (Å²) in [6.45, 7) is 7.30. The van der Waals surface area contributed by atoms with Gasteiger partial charge in [0.1, 0.15) is 6.54 Å². The van der Waals surface area contributed by atoms with Crippen LogP contribution in [-0.2, 0) is 11.3 Å². The maximum absolute atomic E-state index is 12.6. The Morgan fingerprint density at radius 3 is 2.43 bits per heavy atom. The van der Waals surface area contributed by atoms with Crippen LogP contribution in [0.1, 0.15) is 11.1 Å². The molecule has 7 nitrogen and oxygen atoms in total. The third kappa shape index (κ3) is 4.03. The summed E-state index contributed by atoms with van der Waals surface area (Å²) >= 11 is 0. The summed E-state index contributed by atoms with van der Waals surface area (Å²) in [6, 6.07) is 16.4.